The number of esters is 1. The van der Waals surface area contributed by atoms with Gasteiger partial charge in [0, 0.05) is 10.9 Å². The van der Waals surface area contributed by atoms with E-state index >= 15 is 0 Å². The summed E-state index contributed by atoms with van der Waals surface area (Å²) in [6, 6.07) is 4.92. The number of halogens is 2. The third-order valence-corrected chi connectivity index (χ3v) is 5.54. The van der Waals surface area contributed by atoms with Gasteiger partial charge >= 0.3 is 5.97 Å². The lowest BCUT2D eigenvalue weighted by Crippen LogP contribution is -2.35. The average Bonchev–Trinajstić information content (AvgIpc) is 3.03. The highest BCUT2D eigenvalue weighted by atomic mass is 35.5. The number of fused-ring (bicyclic) bond motifs is 1. The molecule has 0 spiro atoms. The van der Waals surface area contributed by atoms with Gasteiger partial charge in [-0.3, -0.25) is 9.59 Å². The van der Waals surface area contributed by atoms with Crippen LogP contribution in [0.2, 0.25) is 10.0 Å². The van der Waals surface area contributed by atoms with Gasteiger partial charge in [-0.1, -0.05) is 23.2 Å². The van der Waals surface area contributed by atoms with Crippen LogP contribution in [-0.2, 0) is 14.3 Å². The summed E-state index contributed by atoms with van der Waals surface area (Å²) in [5.41, 5.74) is 0.486. The molecule has 1 saturated heterocycles. The van der Waals surface area contributed by atoms with Crippen molar-refractivity contribution in [3.8, 4) is 0 Å². The summed E-state index contributed by atoms with van der Waals surface area (Å²) in [5, 5.41) is 3.75. The molecule has 5 atom stereocenters. The molecule has 1 heterocycles. The van der Waals surface area contributed by atoms with Gasteiger partial charge in [0.15, 0.2) is 0 Å². The van der Waals surface area contributed by atoms with Gasteiger partial charge in [0.2, 0.25) is 5.91 Å². The summed E-state index contributed by atoms with van der Waals surface area (Å²) in [5.74, 6) is -0.526. The van der Waals surface area contributed by atoms with E-state index in [9.17, 15) is 9.59 Å². The lowest BCUT2D eigenvalue weighted by Gasteiger charge is -2.23. The van der Waals surface area contributed by atoms with E-state index in [4.69, 9.17) is 27.9 Å². The molecule has 3 aliphatic rings. The molecular formula is C15H13Cl2NO3. The maximum atomic E-state index is 12.6. The molecule has 0 aromatic heterocycles. The molecular weight excluding hydrogens is 313 g/mol. The minimum absolute atomic E-state index is 0.0336. The van der Waals surface area contributed by atoms with Crippen molar-refractivity contribution in [3.05, 3.63) is 28.2 Å². The first-order valence-electron chi connectivity index (χ1n) is 7.01. The number of anilines is 1. The van der Waals surface area contributed by atoms with Gasteiger partial charge in [-0.05, 0) is 37.0 Å². The van der Waals surface area contributed by atoms with Gasteiger partial charge in [-0.25, -0.2) is 0 Å². The van der Waals surface area contributed by atoms with Crippen molar-refractivity contribution in [2.45, 2.75) is 18.9 Å². The molecule has 4 rings (SSSR count). The molecule has 4 nitrogen and oxygen atoms in total. The Morgan fingerprint density at radius 1 is 1.29 bits per heavy atom. The summed E-state index contributed by atoms with van der Waals surface area (Å²) < 4.78 is 5.35. The minimum Gasteiger partial charge on any atom is -0.462 e. The zero-order valence-corrected chi connectivity index (χ0v) is 12.5. The summed E-state index contributed by atoms with van der Waals surface area (Å²) in [7, 11) is 0. The second-order valence-corrected chi connectivity index (χ2v) is 6.88. The van der Waals surface area contributed by atoms with Crippen LogP contribution in [0.15, 0.2) is 18.2 Å². The van der Waals surface area contributed by atoms with E-state index in [1.807, 2.05) is 0 Å². The third-order valence-electron chi connectivity index (χ3n) is 4.97. The van der Waals surface area contributed by atoms with Crippen LogP contribution in [0.25, 0.3) is 0 Å². The predicted molar refractivity (Wildman–Crippen MR) is 78.2 cm³/mol. The predicted octanol–water partition coefficient (Wildman–Crippen LogP) is 3.13. The van der Waals surface area contributed by atoms with Crippen LogP contribution >= 0.6 is 23.2 Å². The smallest absolute Gasteiger partial charge is 0.310 e. The number of carbonyl (C=O) groups excluding carboxylic acids is 2. The first-order valence-corrected chi connectivity index (χ1v) is 7.76. The standard InChI is InChI=1S/C15H13Cl2NO3/c16-7-1-2-9(17)10(5-7)18-14(19)12-6-3-8-11(4-6)21-15(20)13(8)12/h1-2,5-6,8,11-13H,3-4H2,(H,18,19). The van der Waals surface area contributed by atoms with Gasteiger partial charge in [-0.2, -0.15) is 0 Å². The molecule has 1 aromatic carbocycles. The van der Waals surface area contributed by atoms with Crippen LogP contribution < -0.4 is 5.32 Å². The average molecular weight is 326 g/mol. The van der Waals surface area contributed by atoms with Crippen molar-refractivity contribution in [3.63, 3.8) is 0 Å². The third kappa shape index (κ3) is 1.96. The van der Waals surface area contributed by atoms with Crippen LogP contribution in [0.3, 0.4) is 0 Å². The van der Waals surface area contributed by atoms with Crippen molar-refractivity contribution in [1.29, 1.82) is 0 Å². The van der Waals surface area contributed by atoms with E-state index in [2.05, 4.69) is 5.32 Å². The van der Waals surface area contributed by atoms with Gasteiger partial charge < -0.3 is 10.1 Å². The highest BCUT2D eigenvalue weighted by Crippen LogP contribution is 2.57. The van der Waals surface area contributed by atoms with Crippen molar-refractivity contribution in [1.82, 2.24) is 0 Å². The summed E-state index contributed by atoms with van der Waals surface area (Å²) in [6.07, 6.45) is 1.74. The number of hydrogen-bond donors (Lipinski definition) is 1. The van der Waals surface area contributed by atoms with E-state index in [1.54, 1.807) is 18.2 Å². The molecule has 3 fully saturated rings. The van der Waals surface area contributed by atoms with Crippen LogP contribution in [0.1, 0.15) is 12.8 Å². The molecule has 2 bridgehead atoms. The lowest BCUT2D eigenvalue weighted by atomic mass is 9.79. The first-order chi connectivity index (χ1) is 10.0. The van der Waals surface area contributed by atoms with Gasteiger partial charge in [0.1, 0.15) is 6.10 Å². The number of rotatable bonds is 2. The molecule has 1 N–H and O–H groups in total. The molecule has 1 aliphatic heterocycles. The van der Waals surface area contributed by atoms with E-state index < -0.39 is 0 Å². The Balaban J connectivity index is 1.58. The second kappa shape index (κ2) is 4.62. The Kier molecular flexibility index (Phi) is 2.95. The SMILES string of the molecule is O=C(Nc1cc(Cl)ccc1Cl)C1C2CC3OC(=O)C1C3C2. The van der Waals surface area contributed by atoms with Crippen molar-refractivity contribution < 1.29 is 14.3 Å². The molecule has 0 radical (unpaired) electrons. The van der Waals surface area contributed by atoms with Crippen molar-refractivity contribution >= 4 is 40.8 Å². The molecule has 1 amide bonds. The van der Waals surface area contributed by atoms with Gasteiger partial charge in [0.05, 0.1) is 22.5 Å². The van der Waals surface area contributed by atoms with E-state index in [-0.39, 0.29) is 41.7 Å². The number of hydrogen-bond acceptors (Lipinski definition) is 3. The first kappa shape index (κ1) is 13.4. The summed E-state index contributed by atoms with van der Waals surface area (Å²) >= 11 is 12.0. The van der Waals surface area contributed by atoms with Crippen LogP contribution in [0, 0.1) is 23.7 Å². The van der Waals surface area contributed by atoms with Crippen LogP contribution in [0.4, 0.5) is 5.69 Å². The van der Waals surface area contributed by atoms with Crippen molar-refractivity contribution in [2.24, 2.45) is 23.7 Å². The number of ether oxygens (including phenoxy) is 1. The molecule has 5 unspecified atom stereocenters. The molecule has 21 heavy (non-hydrogen) atoms. The number of carbonyl (C=O) groups is 2. The zero-order chi connectivity index (χ0) is 14.7. The number of amides is 1. The number of benzene rings is 1. The number of nitrogens with one attached hydrogen (secondary N) is 1. The Morgan fingerprint density at radius 2 is 2.10 bits per heavy atom. The normalized spacial score (nSPS) is 35.9. The topological polar surface area (TPSA) is 55.4 Å². The van der Waals surface area contributed by atoms with E-state index in [1.165, 1.54) is 0 Å². The summed E-state index contributed by atoms with van der Waals surface area (Å²) in [4.78, 5) is 24.5. The Labute approximate surface area is 131 Å². The Morgan fingerprint density at radius 3 is 2.90 bits per heavy atom. The monoisotopic (exact) mass is 325 g/mol. The molecule has 2 saturated carbocycles. The molecule has 1 aromatic rings. The lowest BCUT2D eigenvalue weighted by molar-refractivity contribution is -0.145. The van der Waals surface area contributed by atoms with Crippen LogP contribution in [-0.4, -0.2) is 18.0 Å². The summed E-state index contributed by atoms with van der Waals surface area (Å²) in [6.45, 7) is 0. The second-order valence-electron chi connectivity index (χ2n) is 6.04. The maximum Gasteiger partial charge on any atom is 0.310 e. The molecule has 6 heteroatoms. The fourth-order valence-electron chi connectivity index (χ4n) is 4.17. The van der Waals surface area contributed by atoms with Crippen molar-refractivity contribution in [2.75, 3.05) is 5.32 Å². The molecule has 110 valence electrons. The Hall–Kier alpha value is -1.26. The highest BCUT2D eigenvalue weighted by molar-refractivity contribution is 6.35. The Bertz CT molecular complexity index is 646. The van der Waals surface area contributed by atoms with Gasteiger partial charge in [-0.15, -0.1) is 0 Å². The maximum absolute atomic E-state index is 12.6. The molecule has 2 aliphatic carbocycles. The quantitative estimate of drug-likeness (QED) is 0.850. The minimum atomic E-state index is -0.309. The fraction of sp³-hybridized carbons (Fsp3) is 0.467. The van der Waals surface area contributed by atoms with E-state index in [0.717, 1.165) is 12.8 Å². The highest BCUT2D eigenvalue weighted by Gasteiger charge is 2.63. The van der Waals surface area contributed by atoms with E-state index in [0.29, 0.717) is 15.7 Å². The fourth-order valence-corrected chi connectivity index (χ4v) is 4.51. The largest absolute Gasteiger partial charge is 0.462 e. The van der Waals surface area contributed by atoms with Crippen LogP contribution in [0.5, 0.6) is 0 Å². The zero-order valence-electron chi connectivity index (χ0n) is 11.0. The van der Waals surface area contributed by atoms with Gasteiger partial charge in [0.25, 0.3) is 0 Å².